The molecule has 0 unspecified atom stereocenters. The smallest absolute Gasteiger partial charge is 0.115 e. The first kappa shape index (κ1) is 7.79. The maximum Gasteiger partial charge on any atom is 0.115 e. The van der Waals surface area contributed by atoms with Crippen molar-refractivity contribution >= 4 is 5.69 Å². The van der Waals surface area contributed by atoms with Crippen LogP contribution in [0, 0.1) is 0 Å². The molecule has 0 saturated carbocycles. The van der Waals surface area contributed by atoms with E-state index in [0.717, 1.165) is 5.69 Å². The Morgan fingerprint density at radius 2 is 2.00 bits per heavy atom. The van der Waals surface area contributed by atoms with Crippen molar-refractivity contribution in [3.05, 3.63) is 42.6 Å². The van der Waals surface area contributed by atoms with Crippen LogP contribution in [0.4, 0.5) is 10.1 Å². The Labute approximate surface area is 65.6 Å². The third-order valence-electron chi connectivity index (χ3n) is 1.38. The molecule has 0 fully saturated rings. The first-order valence-electron chi connectivity index (χ1n) is 3.39. The molecule has 0 heterocycles. The number of anilines is 1. The maximum absolute atomic E-state index is 12.0. The quantitative estimate of drug-likeness (QED) is 0.700. The minimum atomic E-state index is -0.408. The summed E-state index contributed by atoms with van der Waals surface area (Å²) in [6.07, 6.45) is 1.59. The Morgan fingerprint density at radius 3 is 2.45 bits per heavy atom. The summed E-state index contributed by atoms with van der Waals surface area (Å²) in [4.78, 5) is 0. The van der Waals surface area contributed by atoms with Gasteiger partial charge in [0.25, 0.3) is 0 Å². The molecule has 0 radical (unpaired) electrons. The van der Waals surface area contributed by atoms with Gasteiger partial charge in [-0.05, 0) is 23.9 Å². The highest BCUT2D eigenvalue weighted by atomic mass is 19.1. The Bertz CT molecular complexity index is 228. The number of hydrogen-bond acceptors (Lipinski definition) is 1. The maximum atomic E-state index is 12.0. The number of alkyl halides is 1. The van der Waals surface area contributed by atoms with Crippen molar-refractivity contribution in [2.75, 3.05) is 5.32 Å². The number of benzene rings is 1. The second-order valence-corrected chi connectivity index (χ2v) is 2.18. The van der Waals surface area contributed by atoms with E-state index in [-0.39, 0.29) is 0 Å². The van der Waals surface area contributed by atoms with Gasteiger partial charge in [-0.3, -0.25) is 0 Å². The van der Waals surface area contributed by atoms with E-state index in [0.29, 0.717) is 5.56 Å². The number of halogens is 1. The molecule has 1 aromatic carbocycles. The summed E-state index contributed by atoms with van der Waals surface area (Å²) in [6.45, 7) is 3.11. The molecule has 11 heavy (non-hydrogen) atoms. The summed E-state index contributed by atoms with van der Waals surface area (Å²) in [7, 11) is 0. The van der Waals surface area contributed by atoms with Gasteiger partial charge < -0.3 is 5.32 Å². The highest BCUT2D eigenvalue weighted by molar-refractivity contribution is 5.46. The molecule has 0 saturated heterocycles. The fraction of sp³-hybridized carbons (Fsp3) is 0.111. The average molecular weight is 151 g/mol. The molecule has 0 atom stereocenters. The second-order valence-electron chi connectivity index (χ2n) is 2.18. The van der Waals surface area contributed by atoms with Crippen LogP contribution >= 0.6 is 0 Å². The molecule has 1 rings (SSSR count). The predicted molar refractivity (Wildman–Crippen MR) is 45.1 cm³/mol. The van der Waals surface area contributed by atoms with Gasteiger partial charge in [0, 0.05) is 5.69 Å². The van der Waals surface area contributed by atoms with Crippen LogP contribution in [0.5, 0.6) is 0 Å². The molecule has 0 spiro atoms. The van der Waals surface area contributed by atoms with E-state index in [2.05, 4.69) is 11.9 Å². The van der Waals surface area contributed by atoms with E-state index in [1.807, 2.05) is 12.1 Å². The van der Waals surface area contributed by atoms with E-state index in [9.17, 15) is 4.39 Å². The largest absolute Gasteiger partial charge is 0.362 e. The van der Waals surface area contributed by atoms with Crippen molar-refractivity contribution in [2.24, 2.45) is 0 Å². The average Bonchev–Trinajstić information content (AvgIpc) is 2.07. The van der Waals surface area contributed by atoms with Gasteiger partial charge in [0.2, 0.25) is 0 Å². The van der Waals surface area contributed by atoms with Crippen LogP contribution in [0.3, 0.4) is 0 Å². The lowest BCUT2D eigenvalue weighted by Crippen LogP contribution is -1.85. The Balaban J connectivity index is 2.74. The lowest BCUT2D eigenvalue weighted by molar-refractivity contribution is 0.485. The SMILES string of the molecule is C=CNc1ccc(CF)cc1. The van der Waals surface area contributed by atoms with Crippen LogP contribution in [-0.4, -0.2) is 0 Å². The fourth-order valence-corrected chi connectivity index (χ4v) is 0.808. The van der Waals surface area contributed by atoms with Gasteiger partial charge >= 0.3 is 0 Å². The van der Waals surface area contributed by atoms with Crippen LogP contribution in [0.1, 0.15) is 5.56 Å². The van der Waals surface area contributed by atoms with Crippen LogP contribution in [-0.2, 0) is 6.67 Å². The van der Waals surface area contributed by atoms with Crippen molar-refractivity contribution in [2.45, 2.75) is 6.67 Å². The zero-order chi connectivity index (χ0) is 8.10. The Morgan fingerprint density at radius 1 is 1.36 bits per heavy atom. The van der Waals surface area contributed by atoms with E-state index < -0.39 is 6.67 Å². The first-order valence-corrected chi connectivity index (χ1v) is 3.39. The molecule has 0 aliphatic heterocycles. The second kappa shape index (κ2) is 3.76. The van der Waals surface area contributed by atoms with Gasteiger partial charge in [0.1, 0.15) is 6.67 Å². The van der Waals surface area contributed by atoms with Gasteiger partial charge in [-0.1, -0.05) is 18.7 Å². The minimum Gasteiger partial charge on any atom is -0.362 e. The molecule has 1 aromatic rings. The molecular formula is C9H10FN. The standard InChI is InChI=1S/C9H10FN/c1-2-11-9-5-3-8(7-10)4-6-9/h2-6,11H,1,7H2. The first-order chi connectivity index (χ1) is 5.36. The van der Waals surface area contributed by atoms with Crippen LogP contribution < -0.4 is 5.32 Å². The van der Waals surface area contributed by atoms with Gasteiger partial charge in [-0.25, -0.2) is 4.39 Å². The van der Waals surface area contributed by atoms with E-state index >= 15 is 0 Å². The summed E-state index contributed by atoms with van der Waals surface area (Å²) in [6, 6.07) is 7.12. The summed E-state index contributed by atoms with van der Waals surface area (Å²) in [5.41, 5.74) is 1.62. The molecule has 58 valence electrons. The van der Waals surface area contributed by atoms with Gasteiger partial charge in [0.15, 0.2) is 0 Å². The normalized spacial score (nSPS) is 9.18. The number of rotatable bonds is 3. The molecule has 0 aliphatic rings. The third kappa shape index (κ3) is 2.08. The highest BCUT2D eigenvalue weighted by Gasteiger charge is 1.90. The number of hydrogen-bond donors (Lipinski definition) is 1. The van der Waals surface area contributed by atoms with Gasteiger partial charge in [-0.2, -0.15) is 0 Å². The van der Waals surface area contributed by atoms with Crippen molar-refractivity contribution < 1.29 is 4.39 Å². The molecule has 1 N–H and O–H groups in total. The monoisotopic (exact) mass is 151 g/mol. The lowest BCUT2D eigenvalue weighted by Gasteiger charge is -1.99. The zero-order valence-electron chi connectivity index (χ0n) is 6.18. The molecule has 0 aromatic heterocycles. The Hall–Kier alpha value is -1.31. The zero-order valence-corrected chi connectivity index (χ0v) is 6.18. The molecule has 0 aliphatic carbocycles. The molecule has 1 nitrogen and oxygen atoms in total. The predicted octanol–water partition coefficient (Wildman–Crippen LogP) is 2.71. The molecular weight excluding hydrogens is 141 g/mol. The summed E-state index contributed by atoms with van der Waals surface area (Å²) >= 11 is 0. The van der Waals surface area contributed by atoms with E-state index in [4.69, 9.17) is 0 Å². The minimum absolute atomic E-state index is 0.408. The van der Waals surface area contributed by atoms with Crippen LogP contribution in [0.2, 0.25) is 0 Å². The molecule has 2 heteroatoms. The van der Waals surface area contributed by atoms with Crippen molar-refractivity contribution in [1.29, 1.82) is 0 Å². The van der Waals surface area contributed by atoms with Crippen LogP contribution in [0.15, 0.2) is 37.0 Å². The highest BCUT2D eigenvalue weighted by Crippen LogP contribution is 2.09. The number of nitrogens with one attached hydrogen (secondary N) is 1. The topological polar surface area (TPSA) is 12.0 Å². The fourth-order valence-electron chi connectivity index (χ4n) is 0.808. The van der Waals surface area contributed by atoms with Gasteiger partial charge in [-0.15, -0.1) is 0 Å². The van der Waals surface area contributed by atoms with E-state index in [1.165, 1.54) is 0 Å². The third-order valence-corrected chi connectivity index (χ3v) is 1.38. The summed E-state index contributed by atoms with van der Waals surface area (Å²) in [5, 5.41) is 2.90. The molecule has 0 bridgehead atoms. The molecule has 0 amide bonds. The van der Waals surface area contributed by atoms with Crippen molar-refractivity contribution in [3.8, 4) is 0 Å². The lowest BCUT2D eigenvalue weighted by atomic mass is 10.2. The Kier molecular flexibility index (Phi) is 2.66. The van der Waals surface area contributed by atoms with Crippen LogP contribution in [0.25, 0.3) is 0 Å². The van der Waals surface area contributed by atoms with Gasteiger partial charge in [0.05, 0.1) is 0 Å². The van der Waals surface area contributed by atoms with Crippen molar-refractivity contribution in [3.63, 3.8) is 0 Å². The summed E-state index contributed by atoms with van der Waals surface area (Å²) in [5.74, 6) is 0. The van der Waals surface area contributed by atoms with Crippen molar-refractivity contribution in [1.82, 2.24) is 0 Å². The van der Waals surface area contributed by atoms with E-state index in [1.54, 1.807) is 18.3 Å². The summed E-state index contributed by atoms with van der Waals surface area (Å²) < 4.78 is 12.0.